The molecule has 12 heteroatoms. The molecule has 0 radical (unpaired) electrons. The largest absolute Gasteiger partial charge is 0.394 e. The molecule has 2 aromatic heterocycles. The summed E-state index contributed by atoms with van der Waals surface area (Å²) >= 11 is 8.68. The number of rotatable bonds is 5. The van der Waals surface area contributed by atoms with Gasteiger partial charge >= 0.3 is 0 Å². The standard InChI is InChI=1S/C18H16ClN5O4S2/c19-11-3-10(2-1-9(11)4-20)30-18-17(27)15(16(26)14(6-25)28-18)24-5-12(22-23-24)13-7-29-8-21-13/h1-3,5,7-8,14-18,25-27H,6H2/t14?,15?,16-,17?,18+/m0/s1. The van der Waals surface area contributed by atoms with Crippen molar-refractivity contribution in [1.82, 2.24) is 20.0 Å². The third-order valence-corrected chi connectivity index (χ3v) is 6.72. The van der Waals surface area contributed by atoms with Crippen molar-refractivity contribution in [3.05, 3.63) is 45.9 Å². The predicted octanol–water partition coefficient (Wildman–Crippen LogP) is 1.70. The number of hydrogen-bond acceptors (Lipinski definition) is 10. The van der Waals surface area contributed by atoms with Gasteiger partial charge in [-0.3, -0.25) is 0 Å². The lowest BCUT2D eigenvalue weighted by Crippen LogP contribution is -2.55. The molecule has 1 aromatic carbocycles. The second-order valence-corrected chi connectivity index (χ2v) is 8.82. The Labute approximate surface area is 184 Å². The van der Waals surface area contributed by atoms with Crippen LogP contribution in [0.4, 0.5) is 0 Å². The molecule has 0 saturated carbocycles. The number of benzene rings is 1. The van der Waals surface area contributed by atoms with Crippen molar-refractivity contribution in [3.63, 3.8) is 0 Å². The second-order valence-electron chi connectivity index (χ2n) is 6.53. The summed E-state index contributed by atoms with van der Waals surface area (Å²) in [6, 6.07) is 5.96. The molecule has 1 saturated heterocycles. The van der Waals surface area contributed by atoms with Gasteiger partial charge in [-0.05, 0) is 18.2 Å². The summed E-state index contributed by atoms with van der Waals surface area (Å²) in [4.78, 5) is 4.84. The topological polar surface area (TPSA) is 137 Å². The molecule has 3 N–H and O–H groups in total. The van der Waals surface area contributed by atoms with E-state index in [1.165, 1.54) is 27.8 Å². The van der Waals surface area contributed by atoms with Crippen LogP contribution in [-0.2, 0) is 4.74 Å². The van der Waals surface area contributed by atoms with E-state index in [1.54, 1.807) is 29.9 Å². The molecule has 1 aliphatic rings. The molecule has 5 atom stereocenters. The van der Waals surface area contributed by atoms with E-state index in [0.717, 1.165) is 0 Å². The highest BCUT2D eigenvalue weighted by Crippen LogP contribution is 2.39. The summed E-state index contributed by atoms with van der Waals surface area (Å²) in [5.74, 6) is 0. The minimum absolute atomic E-state index is 0.285. The Kier molecular flexibility index (Phi) is 6.35. The van der Waals surface area contributed by atoms with Gasteiger partial charge in [0.2, 0.25) is 0 Å². The molecule has 1 fully saturated rings. The van der Waals surface area contributed by atoms with Crippen molar-refractivity contribution < 1.29 is 20.1 Å². The molecule has 1 aliphatic heterocycles. The van der Waals surface area contributed by atoms with Crippen LogP contribution in [0.5, 0.6) is 0 Å². The number of halogens is 1. The number of aromatic nitrogens is 4. The van der Waals surface area contributed by atoms with Crippen molar-refractivity contribution in [3.8, 4) is 17.5 Å². The number of aliphatic hydroxyl groups excluding tert-OH is 3. The number of nitrogens with zero attached hydrogens (tertiary/aromatic N) is 5. The maximum Gasteiger partial charge on any atom is 0.136 e. The summed E-state index contributed by atoms with van der Waals surface area (Å²) in [5.41, 5.74) is 2.32. The van der Waals surface area contributed by atoms with Crippen LogP contribution < -0.4 is 0 Å². The normalized spacial score (nSPS) is 26.4. The Bertz CT molecular complexity index is 1060. The first-order chi connectivity index (χ1) is 14.5. The zero-order chi connectivity index (χ0) is 21.3. The smallest absolute Gasteiger partial charge is 0.136 e. The monoisotopic (exact) mass is 465 g/mol. The molecular weight excluding hydrogens is 450 g/mol. The van der Waals surface area contributed by atoms with E-state index in [4.69, 9.17) is 21.6 Å². The Morgan fingerprint density at radius 3 is 2.80 bits per heavy atom. The number of ether oxygens (including phenoxy) is 1. The average molecular weight is 466 g/mol. The Morgan fingerprint density at radius 1 is 1.30 bits per heavy atom. The number of thioether (sulfide) groups is 1. The zero-order valence-electron chi connectivity index (χ0n) is 15.2. The fourth-order valence-corrected chi connectivity index (χ4v) is 5.08. The van der Waals surface area contributed by atoms with Crippen molar-refractivity contribution >= 4 is 34.7 Å². The van der Waals surface area contributed by atoms with E-state index < -0.39 is 36.4 Å². The van der Waals surface area contributed by atoms with Crippen LogP contribution in [0.25, 0.3) is 11.4 Å². The molecular formula is C18H16ClN5O4S2. The molecule has 3 heterocycles. The van der Waals surface area contributed by atoms with Crippen LogP contribution in [0.1, 0.15) is 11.6 Å². The molecule has 0 spiro atoms. The highest BCUT2D eigenvalue weighted by molar-refractivity contribution is 7.99. The van der Waals surface area contributed by atoms with E-state index in [1.807, 2.05) is 11.4 Å². The van der Waals surface area contributed by atoms with Crippen LogP contribution in [0, 0.1) is 11.3 Å². The maximum atomic E-state index is 11.0. The molecule has 0 amide bonds. The predicted molar refractivity (Wildman–Crippen MR) is 110 cm³/mol. The lowest BCUT2D eigenvalue weighted by Gasteiger charge is -2.41. The first-order valence-corrected chi connectivity index (χ1v) is 11.0. The highest BCUT2D eigenvalue weighted by Gasteiger charge is 2.46. The van der Waals surface area contributed by atoms with Gasteiger partial charge in [0.1, 0.15) is 47.2 Å². The van der Waals surface area contributed by atoms with Gasteiger partial charge < -0.3 is 20.1 Å². The summed E-state index contributed by atoms with van der Waals surface area (Å²) in [7, 11) is 0. The molecule has 0 bridgehead atoms. The van der Waals surface area contributed by atoms with Gasteiger partial charge in [0.15, 0.2) is 0 Å². The Hall–Kier alpha value is -2.04. The van der Waals surface area contributed by atoms with Crippen molar-refractivity contribution in [2.75, 3.05) is 6.61 Å². The van der Waals surface area contributed by atoms with Gasteiger partial charge in [-0.25, -0.2) is 9.67 Å². The quantitative estimate of drug-likeness (QED) is 0.513. The zero-order valence-corrected chi connectivity index (χ0v) is 17.6. The number of hydrogen-bond donors (Lipinski definition) is 3. The molecule has 30 heavy (non-hydrogen) atoms. The highest BCUT2D eigenvalue weighted by atomic mass is 35.5. The Balaban J connectivity index is 1.60. The van der Waals surface area contributed by atoms with Gasteiger partial charge in [0.25, 0.3) is 0 Å². The molecule has 156 valence electrons. The molecule has 9 nitrogen and oxygen atoms in total. The van der Waals surface area contributed by atoms with Crippen molar-refractivity contribution in [2.24, 2.45) is 0 Å². The molecule has 0 aliphatic carbocycles. The second kappa shape index (κ2) is 8.99. The third-order valence-electron chi connectivity index (χ3n) is 4.67. The maximum absolute atomic E-state index is 11.0. The minimum Gasteiger partial charge on any atom is -0.394 e. The summed E-state index contributed by atoms with van der Waals surface area (Å²) in [6.07, 6.45) is -1.73. The van der Waals surface area contributed by atoms with Gasteiger partial charge in [-0.15, -0.1) is 16.4 Å². The summed E-state index contributed by atoms with van der Waals surface area (Å²) in [5, 5.41) is 50.6. The van der Waals surface area contributed by atoms with Gasteiger partial charge in [0, 0.05) is 10.3 Å². The lowest BCUT2D eigenvalue weighted by atomic mass is 9.97. The van der Waals surface area contributed by atoms with E-state index in [-0.39, 0.29) is 5.02 Å². The van der Waals surface area contributed by atoms with Crippen LogP contribution >= 0.6 is 34.7 Å². The Morgan fingerprint density at radius 2 is 2.13 bits per heavy atom. The number of thiazole rings is 1. The van der Waals surface area contributed by atoms with Crippen LogP contribution in [0.2, 0.25) is 5.02 Å². The van der Waals surface area contributed by atoms with E-state index >= 15 is 0 Å². The fraction of sp³-hybridized carbons (Fsp3) is 0.333. The van der Waals surface area contributed by atoms with E-state index in [9.17, 15) is 15.3 Å². The molecule has 4 rings (SSSR count). The lowest BCUT2D eigenvalue weighted by molar-refractivity contribution is -0.178. The number of aliphatic hydroxyl groups is 3. The summed E-state index contributed by atoms with van der Waals surface area (Å²) in [6.45, 7) is -0.441. The molecule has 3 aromatic rings. The van der Waals surface area contributed by atoms with E-state index in [2.05, 4.69) is 15.3 Å². The van der Waals surface area contributed by atoms with Gasteiger partial charge in [-0.2, -0.15) is 5.26 Å². The minimum atomic E-state index is -1.21. The van der Waals surface area contributed by atoms with Crippen molar-refractivity contribution in [1.29, 1.82) is 5.26 Å². The van der Waals surface area contributed by atoms with Gasteiger partial charge in [-0.1, -0.05) is 28.6 Å². The van der Waals surface area contributed by atoms with Crippen LogP contribution in [0.3, 0.4) is 0 Å². The van der Waals surface area contributed by atoms with Crippen molar-refractivity contribution in [2.45, 2.75) is 34.7 Å². The fourth-order valence-electron chi connectivity index (χ4n) is 3.15. The van der Waals surface area contributed by atoms with Gasteiger partial charge in [0.05, 0.1) is 28.9 Å². The van der Waals surface area contributed by atoms with Crippen LogP contribution in [-0.4, -0.2) is 65.7 Å². The number of nitriles is 1. The first-order valence-electron chi connectivity index (χ1n) is 8.81. The third kappa shape index (κ3) is 4.08. The van der Waals surface area contributed by atoms with Crippen LogP contribution in [0.15, 0.2) is 40.2 Å². The summed E-state index contributed by atoms with van der Waals surface area (Å²) < 4.78 is 7.09. The first kappa shape index (κ1) is 21.2. The molecule has 3 unspecified atom stereocenters. The SMILES string of the molecule is N#Cc1ccc(S[C@H]2OC(CO)[C@H](O)C(n3cc(-c4cscn4)nn3)C2O)cc1Cl. The van der Waals surface area contributed by atoms with E-state index in [0.29, 0.717) is 21.8 Å². The average Bonchev–Trinajstić information content (AvgIpc) is 3.42.